The molecule has 3 heteroatoms. The third kappa shape index (κ3) is 4.19. The molecule has 1 saturated carbocycles. The molecule has 2 atom stereocenters. The quantitative estimate of drug-likeness (QED) is 0.798. The average molecular weight is 284 g/mol. The average Bonchev–Trinajstić information content (AvgIpc) is 2.60. The molecule has 1 N–H and O–H groups in total. The Morgan fingerprint density at radius 2 is 2.05 bits per heavy atom. The number of halogens is 2. The maximum atomic E-state index is 13.9. The van der Waals surface area contributed by atoms with E-state index in [0.29, 0.717) is 17.0 Å². The molecule has 0 amide bonds. The lowest BCUT2D eigenvalue weighted by Crippen LogP contribution is -2.36. The minimum atomic E-state index is -0.121. The van der Waals surface area contributed by atoms with Gasteiger partial charge in [0, 0.05) is 11.1 Å². The number of hydrogen-bond donors (Lipinski definition) is 1. The standard InChI is InChI=1S/C16H23ClFN/c1-2-19-16-7-5-3-4-6-12(16)10-13-11-14(17)8-9-15(13)18/h8-9,11-12,16,19H,2-7,10H2,1H3. The number of hydrogen-bond acceptors (Lipinski definition) is 1. The summed E-state index contributed by atoms with van der Waals surface area (Å²) < 4.78 is 13.9. The van der Waals surface area contributed by atoms with Gasteiger partial charge in [-0.25, -0.2) is 4.39 Å². The summed E-state index contributed by atoms with van der Waals surface area (Å²) in [5.41, 5.74) is 0.766. The van der Waals surface area contributed by atoms with Gasteiger partial charge in [0.1, 0.15) is 5.82 Å². The smallest absolute Gasteiger partial charge is 0.126 e. The van der Waals surface area contributed by atoms with Gasteiger partial charge in [-0.15, -0.1) is 0 Å². The van der Waals surface area contributed by atoms with Crippen LogP contribution in [0.15, 0.2) is 18.2 Å². The summed E-state index contributed by atoms with van der Waals surface area (Å²) in [5, 5.41) is 4.20. The molecule has 1 aliphatic carbocycles. The topological polar surface area (TPSA) is 12.0 Å². The SMILES string of the molecule is CCNC1CCCCCC1Cc1cc(Cl)ccc1F. The normalized spacial score (nSPS) is 24.2. The van der Waals surface area contributed by atoms with Crippen LogP contribution < -0.4 is 5.32 Å². The van der Waals surface area contributed by atoms with Crippen molar-refractivity contribution in [3.63, 3.8) is 0 Å². The molecule has 1 aromatic rings. The predicted octanol–water partition coefficient (Wildman–Crippen LogP) is 4.58. The van der Waals surface area contributed by atoms with Gasteiger partial charge >= 0.3 is 0 Å². The van der Waals surface area contributed by atoms with Crippen LogP contribution >= 0.6 is 11.6 Å². The third-order valence-electron chi connectivity index (χ3n) is 4.12. The first kappa shape index (κ1) is 14.8. The lowest BCUT2D eigenvalue weighted by molar-refractivity contribution is 0.334. The third-order valence-corrected chi connectivity index (χ3v) is 4.35. The summed E-state index contributed by atoms with van der Waals surface area (Å²) in [5.74, 6) is 0.402. The highest BCUT2D eigenvalue weighted by Crippen LogP contribution is 2.28. The molecule has 1 aromatic carbocycles. The van der Waals surface area contributed by atoms with Crippen LogP contribution in [0.3, 0.4) is 0 Å². The first-order valence-electron chi connectivity index (χ1n) is 7.38. The Kier molecular flexibility index (Phi) is 5.65. The zero-order chi connectivity index (χ0) is 13.7. The molecule has 1 fully saturated rings. The van der Waals surface area contributed by atoms with Crippen molar-refractivity contribution in [3.05, 3.63) is 34.6 Å². The molecule has 0 aromatic heterocycles. The Bertz CT molecular complexity index is 408. The summed E-state index contributed by atoms with van der Waals surface area (Å²) in [6, 6.07) is 5.40. The van der Waals surface area contributed by atoms with Crippen molar-refractivity contribution in [2.24, 2.45) is 5.92 Å². The fourth-order valence-electron chi connectivity index (χ4n) is 3.14. The molecule has 0 aliphatic heterocycles. The highest BCUT2D eigenvalue weighted by atomic mass is 35.5. The summed E-state index contributed by atoms with van der Waals surface area (Å²) in [6.45, 7) is 3.13. The molecule has 0 spiro atoms. The summed E-state index contributed by atoms with van der Waals surface area (Å²) in [7, 11) is 0. The van der Waals surface area contributed by atoms with Gasteiger partial charge in [0.25, 0.3) is 0 Å². The van der Waals surface area contributed by atoms with Crippen LogP contribution in [-0.4, -0.2) is 12.6 Å². The van der Waals surface area contributed by atoms with E-state index in [-0.39, 0.29) is 5.82 Å². The van der Waals surface area contributed by atoms with Crippen molar-refractivity contribution >= 4 is 11.6 Å². The molecule has 19 heavy (non-hydrogen) atoms. The molecular weight excluding hydrogens is 261 g/mol. The van der Waals surface area contributed by atoms with Gasteiger partial charge in [-0.2, -0.15) is 0 Å². The van der Waals surface area contributed by atoms with Crippen molar-refractivity contribution in [3.8, 4) is 0 Å². The maximum absolute atomic E-state index is 13.9. The van der Waals surface area contributed by atoms with Crippen LogP contribution in [-0.2, 0) is 6.42 Å². The van der Waals surface area contributed by atoms with E-state index in [2.05, 4.69) is 12.2 Å². The summed E-state index contributed by atoms with van der Waals surface area (Å²) in [4.78, 5) is 0. The lowest BCUT2D eigenvalue weighted by atomic mass is 9.88. The van der Waals surface area contributed by atoms with Gasteiger partial charge in [-0.05, 0) is 55.5 Å². The minimum Gasteiger partial charge on any atom is -0.314 e. The molecule has 0 radical (unpaired) electrons. The van der Waals surface area contributed by atoms with E-state index in [0.717, 1.165) is 18.5 Å². The Hall–Kier alpha value is -0.600. The van der Waals surface area contributed by atoms with E-state index in [1.807, 2.05) is 0 Å². The monoisotopic (exact) mass is 283 g/mol. The number of rotatable bonds is 4. The second-order valence-corrected chi connectivity index (χ2v) is 5.94. The number of nitrogens with one attached hydrogen (secondary N) is 1. The zero-order valence-electron chi connectivity index (χ0n) is 11.6. The zero-order valence-corrected chi connectivity index (χ0v) is 12.3. The predicted molar refractivity (Wildman–Crippen MR) is 79.2 cm³/mol. The van der Waals surface area contributed by atoms with Crippen LogP contribution in [0.25, 0.3) is 0 Å². The van der Waals surface area contributed by atoms with Gasteiger partial charge in [0.15, 0.2) is 0 Å². The van der Waals surface area contributed by atoms with Gasteiger partial charge in [-0.3, -0.25) is 0 Å². The molecule has 2 rings (SSSR count). The Morgan fingerprint density at radius 3 is 2.84 bits per heavy atom. The van der Waals surface area contributed by atoms with Gasteiger partial charge < -0.3 is 5.32 Å². The first-order chi connectivity index (χ1) is 9.20. The largest absolute Gasteiger partial charge is 0.314 e. The Balaban J connectivity index is 2.11. The van der Waals surface area contributed by atoms with Crippen molar-refractivity contribution < 1.29 is 4.39 Å². The molecule has 106 valence electrons. The summed E-state index contributed by atoms with van der Waals surface area (Å²) >= 11 is 5.98. The van der Waals surface area contributed by atoms with E-state index in [9.17, 15) is 4.39 Å². The van der Waals surface area contributed by atoms with E-state index in [1.54, 1.807) is 12.1 Å². The number of benzene rings is 1. The van der Waals surface area contributed by atoms with Gasteiger partial charge in [0.05, 0.1) is 0 Å². The van der Waals surface area contributed by atoms with E-state index in [1.165, 1.54) is 38.2 Å². The van der Waals surface area contributed by atoms with E-state index in [4.69, 9.17) is 11.6 Å². The van der Waals surface area contributed by atoms with Crippen LogP contribution in [0.5, 0.6) is 0 Å². The van der Waals surface area contributed by atoms with Crippen molar-refractivity contribution in [2.75, 3.05) is 6.54 Å². The Labute approximate surface area is 120 Å². The lowest BCUT2D eigenvalue weighted by Gasteiger charge is -2.26. The van der Waals surface area contributed by atoms with Gasteiger partial charge in [0.2, 0.25) is 0 Å². The maximum Gasteiger partial charge on any atom is 0.126 e. The molecule has 0 heterocycles. The molecule has 2 unspecified atom stereocenters. The second-order valence-electron chi connectivity index (χ2n) is 5.50. The molecule has 1 aliphatic rings. The molecule has 0 saturated heterocycles. The first-order valence-corrected chi connectivity index (χ1v) is 7.75. The highest BCUT2D eigenvalue weighted by Gasteiger charge is 2.24. The van der Waals surface area contributed by atoms with Crippen molar-refractivity contribution in [2.45, 2.75) is 51.5 Å². The minimum absolute atomic E-state index is 0.121. The van der Waals surface area contributed by atoms with E-state index >= 15 is 0 Å². The second kappa shape index (κ2) is 7.25. The summed E-state index contributed by atoms with van der Waals surface area (Å²) in [6.07, 6.45) is 7.03. The van der Waals surface area contributed by atoms with Crippen LogP contribution in [0.1, 0.15) is 44.6 Å². The Morgan fingerprint density at radius 1 is 1.26 bits per heavy atom. The van der Waals surface area contributed by atoms with Crippen LogP contribution in [0.2, 0.25) is 5.02 Å². The van der Waals surface area contributed by atoms with E-state index < -0.39 is 0 Å². The molecule has 0 bridgehead atoms. The molecular formula is C16H23ClFN. The fourth-order valence-corrected chi connectivity index (χ4v) is 3.34. The highest BCUT2D eigenvalue weighted by molar-refractivity contribution is 6.30. The van der Waals surface area contributed by atoms with Gasteiger partial charge in [-0.1, -0.05) is 37.8 Å². The van der Waals surface area contributed by atoms with Crippen LogP contribution in [0.4, 0.5) is 4.39 Å². The van der Waals surface area contributed by atoms with Crippen molar-refractivity contribution in [1.82, 2.24) is 5.32 Å². The fraction of sp³-hybridized carbons (Fsp3) is 0.625. The van der Waals surface area contributed by atoms with Crippen molar-refractivity contribution in [1.29, 1.82) is 0 Å². The molecule has 1 nitrogen and oxygen atoms in total. The van der Waals surface area contributed by atoms with Crippen LogP contribution in [0, 0.1) is 11.7 Å².